The third-order valence-corrected chi connectivity index (χ3v) is 4.64. The topological polar surface area (TPSA) is 75.9 Å². The van der Waals surface area contributed by atoms with Crippen molar-refractivity contribution in [1.29, 1.82) is 0 Å². The standard InChI is InChI=1S/C18H24N4O3/c1-13-4-5-15-19-10-14(17(24)22(15)11-13)16(23)20-12-18(2,3)21-6-8-25-9-7-21/h4-5,10-11H,6-9,12H2,1-3H3,(H,20,23). The normalized spacial score (nSPS) is 16.1. The van der Waals surface area contributed by atoms with Gasteiger partial charge in [-0.05, 0) is 32.4 Å². The number of nitrogens with zero attached hydrogens (tertiary/aromatic N) is 3. The van der Waals surface area contributed by atoms with Gasteiger partial charge in [0.05, 0.1) is 13.2 Å². The fourth-order valence-corrected chi connectivity index (χ4v) is 3.01. The smallest absolute Gasteiger partial charge is 0.270 e. The first kappa shape index (κ1) is 17.6. The van der Waals surface area contributed by atoms with Crippen molar-refractivity contribution in [3.8, 4) is 0 Å². The van der Waals surface area contributed by atoms with Crippen molar-refractivity contribution in [2.24, 2.45) is 0 Å². The number of nitrogens with one attached hydrogen (secondary N) is 1. The Morgan fingerprint density at radius 1 is 1.32 bits per heavy atom. The van der Waals surface area contributed by atoms with E-state index in [1.54, 1.807) is 12.3 Å². The van der Waals surface area contributed by atoms with Gasteiger partial charge in [0.1, 0.15) is 11.2 Å². The average molecular weight is 344 g/mol. The summed E-state index contributed by atoms with van der Waals surface area (Å²) in [4.78, 5) is 31.6. The second kappa shape index (κ2) is 6.93. The van der Waals surface area contributed by atoms with Crippen LogP contribution in [-0.2, 0) is 4.74 Å². The summed E-state index contributed by atoms with van der Waals surface area (Å²) in [7, 11) is 0. The van der Waals surface area contributed by atoms with E-state index in [1.165, 1.54) is 10.6 Å². The van der Waals surface area contributed by atoms with Crippen molar-refractivity contribution >= 4 is 11.6 Å². The van der Waals surface area contributed by atoms with Gasteiger partial charge in [0, 0.05) is 37.6 Å². The number of carbonyl (C=O) groups excluding carboxylic acids is 1. The van der Waals surface area contributed by atoms with Gasteiger partial charge in [0.25, 0.3) is 11.5 Å². The number of ether oxygens (including phenoxy) is 1. The SMILES string of the molecule is Cc1ccc2ncc(C(=O)NCC(C)(C)N3CCOCC3)c(=O)n2c1. The molecule has 7 nitrogen and oxygen atoms in total. The Kier molecular flexibility index (Phi) is 4.87. The van der Waals surface area contributed by atoms with Gasteiger partial charge in [0.2, 0.25) is 0 Å². The van der Waals surface area contributed by atoms with Gasteiger partial charge in [0.15, 0.2) is 0 Å². The number of aromatic nitrogens is 2. The summed E-state index contributed by atoms with van der Waals surface area (Å²) in [6.45, 7) is 9.57. The highest BCUT2D eigenvalue weighted by Gasteiger charge is 2.29. The molecular weight excluding hydrogens is 320 g/mol. The van der Waals surface area contributed by atoms with E-state index in [0.717, 1.165) is 18.7 Å². The van der Waals surface area contributed by atoms with Crippen molar-refractivity contribution in [1.82, 2.24) is 19.6 Å². The van der Waals surface area contributed by atoms with Crippen LogP contribution >= 0.6 is 0 Å². The molecule has 0 bridgehead atoms. The van der Waals surface area contributed by atoms with Crippen LogP contribution in [0.3, 0.4) is 0 Å². The molecule has 0 spiro atoms. The maximum absolute atomic E-state index is 12.6. The highest BCUT2D eigenvalue weighted by molar-refractivity contribution is 5.93. The van der Waals surface area contributed by atoms with Gasteiger partial charge in [-0.15, -0.1) is 0 Å². The highest BCUT2D eigenvalue weighted by Crippen LogP contribution is 2.15. The molecule has 3 rings (SSSR count). The third kappa shape index (κ3) is 3.72. The van der Waals surface area contributed by atoms with E-state index in [0.29, 0.717) is 25.4 Å². The van der Waals surface area contributed by atoms with E-state index in [2.05, 4.69) is 29.0 Å². The summed E-state index contributed by atoms with van der Waals surface area (Å²) in [5, 5.41) is 2.88. The predicted molar refractivity (Wildman–Crippen MR) is 95.0 cm³/mol. The van der Waals surface area contributed by atoms with Crippen LogP contribution in [-0.4, -0.2) is 58.6 Å². The highest BCUT2D eigenvalue weighted by atomic mass is 16.5. The summed E-state index contributed by atoms with van der Waals surface area (Å²) in [5.74, 6) is -0.394. The predicted octanol–water partition coefficient (Wildman–Crippen LogP) is 0.844. The maximum Gasteiger partial charge on any atom is 0.270 e. The van der Waals surface area contributed by atoms with Gasteiger partial charge in [-0.25, -0.2) is 4.98 Å². The van der Waals surface area contributed by atoms with Gasteiger partial charge < -0.3 is 10.1 Å². The summed E-state index contributed by atoms with van der Waals surface area (Å²) in [6.07, 6.45) is 3.04. The fourth-order valence-electron chi connectivity index (χ4n) is 3.01. The zero-order valence-electron chi connectivity index (χ0n) is 14.9. The molecule has 25 heavy (non-hydrogen) atoms. The second-order valence-electron chi connectivity index (χ2n) is 7.01. The van der Waals surface area contributed by atoms with Crippen LogP contribution in [0.2, 0.25) is 0 Å². The van der Waals surface area contributed by atoms with Crippen LogP contribution in [0.15, 0.2) is 29.3 Å². The van der Waals surface area contributed by atoms with Gasteiger partial charge in [-0.2, -0.15) is 0 Å². The molecule has 0 aliphatic carbocycles. The molecule has 0 atom stereocenters. The molecule has 3 heterocycles. The van der Waals surface area contributed by atoms with Gasteiger partial charge in [-0.3, -0.25) is 18.9 Å². The lowest BCUT2D eigenvalue weighted by Gasteiger charge is -2.40. The first-order valence-corrected chi connectivity index (χ1v) is 8.47. The summed E-state index contributed by atoms with van der Waals surface area (Å²) in [5.41, 5.74) is 0.954. The molecule has 0 saturated carbocycles. The van der Waals surface area contributed by atoms with Crippen LogP contribution in [0, 0.1) is 6.92 Å². The molecular formula is C18H24N4O3. The molecule has 1 N–H and O–H groups in total. The zero-order chi connectivity index (χ0) is 18.0. The van der Waals surface area contributed by atoms with Crippen LogP contribution in [0.25, 0.3) is 5.65 Å². The number of amides is 1. The number of fused-ring (bicyclic) bond motifs is 1. The Morgan fingerprint density at radius 3 is 2.76 bits per heavy atom. The van der Waals surface area contributed by atoms with Gasteiger partial charge in [-0.1, -0.05) is 6.07 Å². The van der Waals surface area contributed by atoms with E-state index in [9.17, 15) is 9.59 Å². The monoisotopic (exact) mass is 344 g/mol. The van der Waals surface area contributed by atoms with Crippen molar-refractivity contribution in [2.75, 3.05) is 32.8 Å². The number of carbonyl (C=O) groups is 1. The summed E-state index contributed by atoms with van der Waals surface area (Å²) in [6, 6.07) is 3.65. The van der Waals surface area contributed by atoms with Crippen LogP contribution < -0.4 is 10.9 Å². The lowest BCUT2D eigenvalue weighted by atomic mass is 10.0. The quantitative estimate of drug-likeness (QED) is 0.890. The van der Waals surface area contributed by atoms with E-state index in [1.807, 2.05) is 13.0 Å². The van der Waals surface area contributed by atoms with E-state index < -0.39 is 5.91 Å². The molecule has 1 amide bonds. The molecule has 1 aliphatic heterocycles. The Balaban J connectivity index is 1.76. The molecule has 7 heteroatoms. The molecule has 2 aromatic heterocycles. The van der Waals surface area contributed by atoms with Crippen molar-refractivity contribution < 1.29 is 9.53 Å². The molecule has 1 fully saturated rings. The number of hydrogen-bond acceptors (Lipinski definition) is 5. The lowest BCUT2D eigenvalue weighted by Crippen LogP contribution is -2.55. The fraction of sp³-hybridized carbons (Fsp3) is 0.500. The first-order chi connectivity index (χ1) is 11.9. The zero-order valence-corrected chi connectivity index (χ0v) is 14.9. The Bertz CT molecular complexity index is 838. The largest absolute Gasteiger partial charge is 0.379 e. The summed E-state index contributed by atoms with van der Waals surface area (Å²) >= 11 is 0. The van der Waals surface area contributed by atoms with Crippen molar-refractivity contribution in [3.05, 3.63) is 46.0 Å². The molecule has 0 radical (unpaired) electrons. The van der Waals surface area contributed by atoms with Crippen LogP contribution in [0.4, 0.5) is 0 Å². The number of rotatable bonds is 4. The minimum atomic E-state index is -0.394. The van der Waals surface area contributed by atoms with E-state index >= 15 is 0 Å². The third-order valence-electron chi connectivity index (χ3n) is 4.64. The molecule has 1 saturated heterocycles. The van der Waals surface area contributed by atoms with Gasteiger partial charge >= 0.3 is 0 Å². The first-order valence-electron chi connectivity index (χ1n) is 8.47. The average Bonchev–Trinajstić information content (AvgIpc) is 2.61. The molecule has 0 aromatic carbocycles. The number of pyridine rings is 1. The number of morpholine rings is 1. The van der Waals surface area contributed by atoms with E-state index in [-0.39, 0.29) is 16.7 Å². The molecule has 134 valence electrons. The lowest BCUT2D eigenvalue weighted by molar-refractivity contribution is -0.00923. The minimum absolute atomic E-state index is 0.0564. The van der Waals surface area contributed by atoms with E-state index in [4.69, 9.17) is 4.74 Å². The molecule has 0 unspecified atom stereocenters. The Hall–Kier alpha value is -2.25. The Labute approximate surface area is 146 Å². The number of hydrogen-bond donors (Lipinski definition) is 1. The molecule has 1 aliphatic rings. The molecule has 2 aromatic rings. The summed E-state index contributed by atoms with van der Waals surface area (Å²) < 4.78 is 6.79. The number of aryl methyl sites for hydroxylation is 1. The van der Waals surface area contributed by atoms with Crippen LogP contribution in [0.5, 0.6) is 0 Å². The van der Waals surface area contributed by atoms with Crippen molar-refractivity contribution in [3.63, 3.8) is 0 Å². The maximum atomic E-state index is 12.6. The van der Waals surface area contributed by atoms with Crippen LogP contribution in [0.1, 0.15) is 29.8 Å². The second-order valence-corrected chi connectivity index (χ2v) is 7.01. The van der Waals surface area contributed by atoms with Crippen molar-refractivity contribution in [2.45, 2.75) is 26.3 Å². The Morgan fingerprint density at radius 2 is 2.04 bits per heavy atom. The minimum Gasteiger partial charge on any atom is -0.379 e.